The molecule has 5 unspecified atom stereocenters. The molecule has 1 heterocycles. The van der Waals surface area contributed by atoms with Gasteiger partial charge < -0.3 is 14.6 Å². The normalized spacial score (nSPS) is 48.1. The third-order valence-corrected chi connectivity index (χ3v) is 7.29. The monoisotopic (exact) mass is 336 g/mol. The van der Waals surface area contributed by atoms with Crippen LogP contribution in [0.5, 0.6) is 0 Å². The summed E-state index contributed by atoms with van der Waals surface area (Å²) in [6.07, 6.45) is 8.15. The highest BCUT2D eigenvalue weighted by molar-refractivity contribution is 5.70. The molecule has 3 aliphatic rings. The van der Waals surface area contributed by atoms with E-state index in [0.717, 1.165) is 38.5 Å². The Balaban J connectivity index is 1.98. The number of methoxy groups -OCH3 is 1. The molecule has 2 fully saturated rings. The van der Waals surface area contributed by atoms with Crippen molar-refractivity contribution < 1.29 is 19.4 Å². The van der Waals surface area contributed by atoms with Gasteiger partial charge in [-0.25, -0.2) is 0 Å². The van der Waals surface area contributed by atoms with Crippen LogP contribution >= 0.6 is 0 Å². The van der Waals surface area contributed by atoms with E-state index in [-0.39, 0.29) is 29.3 Å². The van der Waals surface area contributed by atoms with Crippen LogP contribution in [-0.4, -0.2) is 35.0 Å². The molecule has 136 valence electrons. The second-order valence-electron chi connectivity index (χ2n) is 8.94. The molecular weight excluding hydrogens is 304 g/mol. The first kappa shape index (κ1) is 17.9. The highest BCUT2D eigenvalue weighted by Crippen LogP contribution is 2.64. The van der Waals surface area contributed by atoms with Gasteiger partial charge in [0.25, 0.3) is 0 Å². The van der Waals surface area contributed by atoms with Crippen LogP contribution in [0, 0.1) is 11.3 Å². The van der Waals surface area contributed by atoms with Crippen molar-refractivity contribution in [3.63, 3.8) is 0 Å². The van der Waals surface area contributed by atoms with Gasteiger partial charge in [0.05, 0.1) is 30.3 Å². The summed E-state index contributed by atoms with van der Waals surface area (Å²) in [7, 11) is 1.43. The van der Waals surface area contributed by atoms with Gasteiger partial charge in [-0.3, -0.25) is 4.79 Å². The van der Waals surface area contributed by atoms with Gasteiger partial charge in [-0.1, -0.05) is 13.0 Å². The number of esters is 1. The van der Waals surface area contributed by atoms with Crippen LogP contribution in [0.25, 0.3) is 0 Å². The fourth-order valence-corrected chi connectivity index (χ4v) is 5.90. The third kappa shape index (κ3) is 2.45. The van der Waals surface area contributed by atoms with E-state index in [4.69, 9.17) is 9.47 Å². The zero-order valence-corrected chi connectivity index (χ0v) is 15.8. The molecule has 0 aromatic heterocycles. The molecule has 0 aromatic carbocycles. The Morgan fingerprint density at radius 1 is 1.29 bits per heavy atom. The van der Waals surface area contributed by atoms with Crippen molar-refractivity contribution in [2.75, 3.05) is 7.11 Å². The maximum atomic E-state index is 11.8. The number of aliphatic hydroxyl groups is 1. The Labute approximate surface area is 145 Å². The van der Waals surface area contributed by atoms with E-state index >= 15 is 0 Å². The molecule has 0 bridgehead atoms. The van der Waals surface area contributed by atoms with Gasteiger partial charge in [0.15, 0.2) is 0 Å². The van der Waals surface area contributed by atoms with E-state index in [1.165, 1.54) is 12.7 Å². The molecule has 1 saturated carbocycles. The van der Waals surface area contributed by atoms with Crippen LogP contribution in [0.2, 0.25) is 0 Å². The Morgan fingerprint density at radius 2 is 2.00 bits per heavy atom. The van der Waals surface area contributed by atoms with Crippen molar-refractivity contribution in [1.82, 2.24) is 0 Å². The number of fused-ring (bicyclic) bond motifs is 2. The van der Waals surface area contributed by atoms with Gasteiger partial charge in [0.2, 0.25) is 0 Å². The summed E-state index contributed by atoms with van der Waals surface area (Å²) in [5, 5.41) is 11.0. The minimum atomic E-state index is -0.651. The predicted molar refractivity (Wildman–Crippen MR) is 92.5 cm³/mol. The molecule has 0 aromatic rings. The number of carbonyl (C=O) groups is 1. The first-order chi connectivity index (χ1) is 11.1. The lowest BCUT2D eigenvalue weighted by atomic mass is 9.49. The topological polar surface area (TPSA) is 55.8 Å². The third-order valence-electron chi connectivity index (χ3n) is 7.29. The van der Waals surface area contributed by atoms with Crippen LogP contribution in [-0.2, 0) is 14.3 Å². The largest absolute Gasteiger partial charge is 0.469 e. The highest BCUT2D eigenvalue weighted by atomic mass is 16.5. The average Bonchev–Trinajstić information content (AvgIpc) is 2.83. The zero-order chi connectivity index (χ0) is 17.8. The Kier molecular flexibility index (Phi) is 4.16. The molecule has 3 rings (SSSR count). The minimum absolute atomic E-state index is 0.0958. The summed E-state index contributed by atoms with van der Waals surface area (Å²) in [6.45, 7) is 8.47. The number of rotatable bonds is 2. The molecular formula is C20H32O4. The summed E-state index contributed by atoms with van der Waals surface area (Å²) in [5.74, 6) is -0.0211. The van der Waals surface area contributed by atoms with Gasteiger partial charge in [0, 0.05) is 5.41 Å². The summed E-state index contributed by atoms with van der Waals surface area (Å²) in [6, 6.07) is 0. The van der Waals surface area contributed by atoms with E-state index in [1.807, 2.05) is 13.8 Å². The van der Waals surface area contributed by atoms with Crippen molar-refractivity contribution in [1.29, 1.82) is 0 Å². The molecule has 5 atom stereocenters. The summed E-state index contributed by atoms with van der Waals surface area (Å²) in [5.41, 5.74) is -0.337. The van der Waals surface area contributed by atoms with Crippen molar-refractivity contribution in [3.8, 4) is 0 Å². The molecule has 4 heteroatoms. The Bertz CT molecular complexity index is 566. The van der Waals surface area contributed by atoms with Crippen LogP contribution in [0.4, 0.5) is 0 Å². The van der Waals surface area contributed by atoms with Crippen LogP contribution in [0.15, 0.2) is 11.6 Å². The van der Waals surface area contributed by atoms with Crippen molar-refractivity contribution in [2.24, 2.45) is 11.3 Å². The molecule has 1 spiro atoms. The molecule has 2 aliphatic carbocycles. The first-order valence-electron chi connectivity index (χ1n) is 9.25. The molecule has 1 aliphatic heterocycles. The predicted octanol–water partition coefficient (Wildman–Crippen LogP) is 3.76. The standard InChI is InChI=1S/C20H32O4/c1-14-7-8-15-18(3,9-6-10-19(15,4)22)20(14)12-11-17(2,24-20)13-16(21)23-5/h7,15,22H,6,8-13H2,1-5H3. The molecule has 1 N–H and O–H groups in total. The maximum Gasteiger partial charge on any atom is 0.308 e. The molecule has 0 radical (unpaired) electrons. The van der Waals surface area contributed by atoms with E-state index in [9.17, 15) is 9.90 Å². The van der Waals surface area contributed by atoms with Crippen LogP contribution in [0.1, 0.15) is 72.6 Å². The van der Waals surface area contributed by atoms with E-state index in [2.05, 4.69) is 19.9 Å². The first-order valence-corrected chi connectivity index (χ1v) is 9.25. The fraction of sp³-hybridized carbons (Fsp3) is 0.850. The molecule has 0 amide bonds. The van der Waals surface area contributed by atoms with E-state index in [1.54, 1.807) is 0 Å². The number of allylic oxidation sites excluding steroid dienone is 1. The highest BCUT2D eigenvalue weighted by Gasteiger charge is 2.65. The second-order valence-corrected chi connectivity index (χ2v) is 8.94. The Hall–Kier alpha value is -0.870. The smallest absolute Gasteiger partial charge is 0.308 e. The van der Waals surface area contributed by atoms with Crippen molar-refractivity contribution in [3.05, 3.63) is 11.6 Å². The summed E-state index contributed by atoms with van der Waals surface area (Å²) < 4.78 is 11.6. The average molecular weight is 336 g/mol. The lowest BCUT2D eigenvalue weighted by Crippen LogP contribution is -2.61. The number of carbonyl (C=O) groups excluding carboxylic acids is 1. The zero-order valence-electron chi connectivity index (χ0n) is 15.8. The van der Waals surface area contributed by atoms with Gasteiger partial charge >= 0.3 is 5.97 Å². The maximum absolute atomic E-state index is 11.8. The summed E-state index contributed by atoms with van der Waals surface area (Å²) in [4.78, 5) is 11.8. The van der Waals surface area contributed by atoms with Crippen molar-refractivity contribution >= 4 is 5.97 Å². The van der Waals surface area contributed by atoms with E-state index < -0.39 is 11.2 Å². The van der Waals surface area contributed by atoms with E-state index in [0.29, 0.717) is 0 Å². The molecule has 24 heavy (non-hydrogen) atoms. The lowest BCUT2D eigenvalue weighted by Gasteiger charge is -2.60. The number of hydrogen-bond donors (Lipinski definition) is 1. The summed E-state index contributed by atoms with van der Waals surface area (Å²) >= 11 is 0. The van der Waals surface area contributed by atoms with Crippen LogP contribution < -0.4 is 0 Å². The Morgan fingerprint density at radius 3 is 2.67 bits per heavy atom. The van der Waals surface area contributed by atoms with Gasteiger partial charge in [0.1, 0.15) is 0 Å². The SMILES string of the molecule is COC(=O)CC1(C)CCC2(O1)C(C)=CCC1C(C)(O)CCCC12C. The second kappa shape index (κ2) is 5.57. The van der Waals surface area contributed by atoms with Gasteiger partial charge in [-0.15, -0.1) is 0 Å². The lowest BCUT2D eigenvalue weighted by molar-refractivity contribution is -0.209. The van der Waals surface area contributed by atoms with Crippen LogP contribution in [0.3, 0.4) is 0 Å². The minimum Gasteiger partial charge on any atom is -0.469 e. The molecule has 4 nitrogen and oxygen atoms in total. The van der Waals surface area contributed by atoms with Gasteiger partial charge in [-0.05, 0) is 70.8 Å². The molecule has 1 saturated heterocycles. The number of hydrogen-bond acceptors (Lipinski definition) is 4. The quantitative estimate of drug-likeness (QED) is 0.616. The number of ether oxygens (including phenoxy) is 2. The van der Waals surface area contributed by atoms with Gasteiger partial charge in [-0.2, -0.15) is 0 Å². The fourth-order valence-electron chi connectivity index (χ4n) is 5.90. The van der Waals surface area contributed by atoms with Crippen molar-refractivity contribution in [2.45, 2.75) is 89.4 Å².